The number of carbonyl (C=O) groups is 2. The average molecular weight is 812 g/mol. The van der Waals surface area contributed by atoms with E-state index in [9.17, 15) is 14.9 Å². The van der Waals surface area contributed by atoms with Crippen molar-refractivity contribution >= 4 is 62.4 Å². The summed E-state index contributed by atoms with van der Waals surface area (Å²) in [6, 6.07) is 29.3. The molecule has 3 aromatic heterocycles. The van der Waals surface area contributed by atoms with Gasteiger partial charge in [-0.25, -0.2) is 9.97 Å². The minimum atomic E-state index is -0.331. The van der Waals surface area contributed by atoms with Crippen LogP contribution in [0.3, 0.4) is 0 Å². The molecule has 5 aromatic rings. The van der Waals surface area contributed by atoms with E-state index in [1.54, 1.807) is 0 Å². The molecule has 0 unspecified atom stereocenters. The molecule has 8 bridgehead atoms. The minimum absolute atomic E-state index is 0.216. The quantitative estimate of drug-likeness (QED) is 0.0946. The summed E-state index contributed by atoms with van der Waals surface area (Å²) in [5, 5.41) is 11.1. The maximum Gasteiger partial charge on any atom is 0.305 e. The van der Waals surface area contributed by atoms with Crippen molar-refractivity contribution in [1.29, 1.82) is 5.26 Å². The van der Waals surface area contributed by atoms with Crippen molar-refractivity contribution in [3.8, 4) is 6.07 Å². The molecular formula is C52H53N5O4. The highest BCUT2D eigenvalue weighted by Crippen LogP contribution is 2.42. The number of rotatable bonds is 12. The molecule has 2 aromatic carbocycles. The zero-order valence-corrected chi connectivity index (χ0v) is 36.4. The molecule has 5 heterocycles. The first-order valence-corrected chi connectivity index (χ1v) is 21.0. The summed E-state index contributed by atoms with van der Waals surface area (Å²) in [5.74, 6) is -0.904. The predicted molar refractivity (Wildman–Crippen MR) is 245 cm³/mol. The lowest BCUT2D eigenvalue weighted by Crippen LogP contribution is -2.05. The van der Waals surface area contributed by atoms with E-state index in [0.717, 1.165) is 112 Å². The van der Waals surface area contributed by atoms with Gasteiger partial charge in [-0.05, 0) is 133 Å². The number of carbonyl (C=O) groups excluding carboxylic acids is 2. The first kappa shape index (κ1) is 42.3. The third-order valence-electron chi connectivity index (χ3n) is 12.3. The number of nitrogens with zero attached hydrogens (tertiary/aromatic N) is 3. The van der Waals surface area contributed by atoms with Gasteiger partial charge >= 0.3 is 11.9 Å². The number of esters is 2. The number of aromatic amines is 2. The van der Waals surface area contributed by atoms with E-state index in [0.29, 0.717) is 24.8 Å². The van der Waals surface area contributed by atoms with Crippen LogP contribution >= 0.6 is 0 Å². The Hall–Kier alpha value is -6.79. The summed E-state index contributed by atoms with van der Waals surface area (Å²) in [4.78, 5) is 43.3. The number of allylic oxidation sites excluding steroid dienone is 5. The van der Waals surface area contributed by atoms with Gasteiger partial charge in [0.1, 0.15) is 0 Å². The second kappa shape index (κ2) is 18.2. The Kier molecular flexibility index (Phi) is 12.6. The Morgan fingerprint density at radius 3 is 1.64 bits per heavy atom. The number of nitrogens with one attached hydrogen (secondary N) is 2. The number of hydrogen-bond acceptors (Lipinski definition) is 7. The Morgan fingerprint density at radius 1 is 0.672 bits per heavy atom. The molecule has 9 nitrogen and oxygen atoms in total. The second-order valence-corrected chi connectivity index (χ2v) is 15.7. The van der Waals surface area contributed by atoms with Crippen LogP contribution in [0.5, 0.6) is 0 Å². The summed E-state index contributed by atoms with van der Waals surface area (Å²) in [6.45, 7) is 12.7. The van der Waals surface area contributed by atoms with Gasteiger partial charge in [0.2, 0.25) is 0 Å². The number of methoxy groups -OCH3 is 2. The third kappa shape index (κ3) is 8.36. The summed E-state index contributed by atoms with van der Waals surface area (Å²) >= 11 is 0. The average Bonchev–Trinajstić information content (AvgIpc) is 3.96. The van der Waals surface area contributed by atoms with E-state index >= 15 is 0 Å². The van der Waals surface area contributed by atoms with E-state index in [-0.39, 0.29) is 30.7 Å². The van der Waals surface area contributed by atoms with Crippen molar-refractivity contribution in [2.75, 3.05) is 14.2 Å². The van der Waals surface area contributed by atoms with Crippen molar-refractivity contribution in [1.82, 2.24) is 19.9 Å². The lowest BCUT2D eigenvalue weighted by Gasteiger charge is -2.18. The number of benzene rings is 2. The number of hydrogen-bond donors (Lipinski definition) is 2. The van der Waals surface area contributed by atoms with E-state index in [1.807, 2.05) is 42.5 Å². The first-order valence-electron chi connectivity index (χ1n) is 21.0. The Bertz CT molecular complexity index is 2790. The minimum Gasteiger partial charge on any atom is -0.469 e. The van der Waals surface area contributed by atoms with Crippen molar-refractivity contribution in [3.63, 3.8) is 0 Å². The SMILES string of the molecule is CCC1=C(C)c2nc1cc1[nH]c(cc3[nH]c(cc4nc(c2/C=C(/C#N)C(c2ccccc2)c2ccccc2)C(CC)=C4C)c(C)c3CCC(=O)OC)c(CCC(=O)OC)c1C. The summed E-state index contributed by atoms with van der Waals surface area (Å²) in [6.07, 6.45) is 4.84. The van der Waals surface area contributed by atoms with Gasteiger partial charge in [-0.2, -0.15) is 5.26 Å². The van der Waals surface area contributed by atoms with E-state index < -0.39 is 0 Å². The van der Waals surface area contributed by atoms with Crippen LogP contribution in [-0.2, 0) is 31.9 Å². The van der Waals surface area contributed by atoms with Crippen LogP contribution < -0.4 is 0 Å². The molecule has 2 aliphatic rings. The lowest BCUT2D eigenvalue weighted by atomic mass is 9.84. The molecule has 0 saturated heterocycles. The van der Waals surface area contributed by atoms with Crippen LogP contribution in [-0.4, -0.2) is 46.1 Å². The molecular weight excluding hydrogens is 759 g/mol. The molecule has 9 heteroatoms. The van der Waals surface area contributed by atoms with E-state index in [4.69, 9.17) is 19.4 Å². The molecule has 2 aliphatic heterocycles. The van der Waals surface area contributed by atoms with Crippen LogP contribution in [0.25, 0.3) is 50.4 Å². The Labute approximate surface area is 357 Å². The largest absolute Gasteiger partial charge is 0.469 e. The van der Waals surface area contributed by atoms with Gasteiger partial charge in [0.05, 0.1) is 43.1 Å². The fraction of sp³-hybridized carbons (Fsp3) is 0.288. The summed E-state index contributed by atoms with van der Waals surface area (Å²) in [5.41, 5.74) is 18.3. The van der Waals surface area contributed by atoms with Gasteiger partial charge in [-0.3, -0.25) is 9.59 Å². The van der Waals surface area contributed by atoms with Crippen LogP contribution in [0.2, 0.25) is 0 Å². The highest BCUT2D eigenvalue weighted by molar-refractivity contribution is 5.99. The molecule has 7 rings (SSSR count). The van der Waals surface area contributed by atoms with Crippen molar-refractivity contribution in [3.05, 3.63) is 146 Å². The maximum absolute atomic E-state index is 12.5. The van der Waals surface area contributed by atoms with Gasteiger partial charge in [0.25, 0.3) is 0 Å². The topological polar surface area (TPSA) is 134 Å². The van der Waals surface area contributed by atoms with E-state index in [1.165, 1.54) is 14.2 Å². The molecule has 0 amide bonds. The standard InChI is InChI=1S/C52H53N5O4/c1-9-37-33(6)51-41(25-36(29-53)50(34-17-13-11-14-18-34)35-19-15-12-16-20-35)52-38(10-2)30(3)44(56-52)26-42-31(4)39(21-23-48(58)60-7)46(54-42)28-47-40(22-24-49(59)61-8)32(5)43(55-47)27-45(37)57-51/h11-20,25-28,50,54-55H,9-10,21-24H2,1-8H3/b36-25-,42-26?,43-27?,44-26?,45-27?,46-28?,47-28?,51-41?,52-41?. The normalized spacial score (nSPS) is 12.9. The fourth-order valence-corrected chi connectivity index (χ4v) is 8.87. The van der Waals surface area contributed by atoms with Crippen molar-refractivity contribution < 1.29 is 19.1 Å². The fourth-order valence-electron chi connectivity index (χ4n) is 8.87. The van der Waals surface area contributed by atoms with Gasteiger partial charge in [-0.15, -0.1) is 0 Å². The van der Waals surface area contributed by atoms with Crippen molar-refractivity contribution in [2.45, 2.75) is 86.0 Å². The molecule has 0 spiro atoms. The molecule has 0 radical (unpaired) electrons. The zero-order valence-electron chi connectivity index (χ0n) is 36.4. The van der Waals surface area contributed by atoms with Crippen LogP contribution in [0, 0.1) is 25.2 Å². The first-order chi connectivity index (χ1) is 29.5. The number of aromatic nitrogens is 4. The molecule has 2 N–H and O–H groups in total. The number of fused-ring (bicyclic) bond motifs is 8. The number of ether oxygens (including phenoxy) is 2. The lowest BCUT2D eigenvalue weighted by molar-refractivity contribution is -0.141. The van der Waals surface area contributed by atoms with Crippen molar-refractivity contribution in [2.24, 2.45) is 0 Å². The zero-order chi connectivity index (χ0) is 43.4. The second-order valence-electron chi connectivity index (χ2n) is 15.7. The number of aryl methyl sites for hydroxylation is 4. The smallest absolute Gasteiger partial charge is 0.305 e. The highest BCUT2D eigenvalue weighted by Gasteiger charge is 2.27. The molecule has 310 valence electrons. The van der Waals surface area contributed by atoms with E-state index in [2.05, 4.69) is 100 Å². The Morgan fingerprint density at radius 2 is 1.16 bits per heavy atom. The van der Waals surface area contributed by atoms with Gasteiger partial charge in [0.15, 0.2) is 0 Å². The monoisotopic (exact) mass is 811 g/mol. The summed E-state index contributed by atoms with van der Waals surface area (Å²) < 4.78 is 10.1. The maximum atomic E-state index is 12.5. The molecule has 61 heavy (non-hydrogen) atoms. The predicted octanol–water partition coefficient (Wildman–Crippen LogP) is 11.6. The van der Waals surface area contributed by atoms with Gasteiger partial charge in [0, 0.05) is 52.0 Å². The molecule has 0 fully saturated rings. The number of H-pyrrole nitrogens is 2. The Balaban J connectivity index is 1.64. The van der Waals surface area contributed by atoms with Crippen LogP contribution in [0.1, 0.15) is 121 Å². The third-order valence-corrected chi connectivity index (χ3v) is 12.3. The molecule has 0 aliphatic carbocycles. The molecule has 0 saturated carbocycles. The summed E-state index contributed by atoms with van der Waals surface area (Å²) in [7, 11) is 2.81. The number of nitriles is 1. The van der Waals surface area contributed by atoms with Crippen LogP contribution in [0.4, 0.5) is 0 Å². The van der Waals surface area contributed by atoms with Gasteiger partial charge < -0.3 is 19.4 Å². The van der Waals surface area contributed by atoms with Gasteiger partial charge in [-0.1, -0.05) is 74.5 Å². The molecule has 0 atom stereocenters. The highest BCUT2D eigenvalue weighted by atomic mass is 16.5. The van der Waals surface area contributed by atoms with Crippen LogP contribution in [0.15, 0.2) is 84.4 Å².